The Kier molecular flexibility index (Phi) is 4.04. The minimum atomic E-state index is -1.02. The van der Waals surface area contributed by atoms with Gasteiger partial charge in [0, 0.05) is 6.42 Å². The van der Waals surface area contributed by atoms with Gasteiger partial charge in [-0.05, 0) is 31.7 Å². The summed E-state index contributed by atoms with van der Waals surface area (Å²) in [6.45, 7) is 1.82. The molecule has 2 N–H and O–H groups in total. The van der Waals surface area contributed by atoms with Crippen LogP contribution in [0.5, 0.6) is 0 Å². The molecule has 1 heterocycles. The first-order valence-corrected chi connectivity index (χ1v) is 6.32. The van der Waals surface area contributed by atoms with E-state index in [0.717, 1.165) is 12.8 Å². The fraction of sp³-hybridized carbons (Fsp3) is 0.429. The molecule has 19 heavy (non-hydrogen) atoms. The number of carboxylic acids is 1. The Hall–Kier alpha value is -2.04. The summed E-state index contributed by atoms with van der Waals surface area (Å²) >= 11 is 0. The quantitative estimate of drug-likeness (QED) is 0.798. The first-order valence-electron chi connectivity index (χ1n) is 6.32. The summed E-state index contributed by atoms with van der Waals surface area (Å²) in [6, 6.07) is 1.45. The third-order valence-corrected chi connectivity index (χ3v) is 3.22. The van der Waals surface area contributed by atoms with Crippen molar-refractivity contribution in [3.8, 4) is 0 Å². The van der Waals surface area contributed by atoms with Gasteiger partial charge in [0.2, 0.25) is 5.91 Å². The van der Waals surface area contributed by atoms with Crippen LogP contribution >= 0.6 is 0 Å². The third-order valence-electron chi connectivity index (χ3n) is 3.22. The summed E-state index contributed by atoms with van der Waals surface area (Å²) in [7, 11) is 0. The van der Waals surface area contributed by atoms with Crippen molar-refractivity contribution in [3.05, 3.63) is 35.3 Å². The highest BCUT2D eigenvalue weighted by atomic mass is 16.4. The topological polar surface area (TPSA) is 79.5 Å². The van der Waals surface area contributed by atoms with Gasteiger partial charge < -0.3 is 14.8 Å². The molecule has 0 fully saturated rings. The van der Waals surface area contributed by atoms with Crippen molar-refractivity contribution in [2.24, 2.45) is 5.92 Å². The molecular weight excluding hydrogens is 246 g/mol. The lowest BCUT2D eigenvalue weighted by Gasteiger charge is -2.07. The van der Waals surface area contributed by atoms with Crippen molar-refractivity contribution in [2.75, 3.05) is 0 Å². The molecule has 1 aromatic rings. The number of hydrogen-bond donors (Lipinski definition) is 2. The van der Waals surface area contributed by atoms with E-state index in [-0.39, 0.29) is 18.0 Å². The Balaban J connectivity index is 1.84. The van der Waals surface area contributed by atoms with Gasteiger partial charge in [0.1, 0.15) is 17.1 Å². The smallest absolute Gasteiger partial charge is 0.339 e. The van der Waals surface area contributed by atoms with Crippen molar-refractivity contribution >= 4 is 11.9 Å². The van der Waals surface area contributed by atoms with Gasteiger partial charge in [-0.3, -0.25) is 4.79 Å². The zero-order valence-corrected chi connectivity index (χ0v) is 10.8. The normalized spacial score (nSPS) is 17.6. The van der Waals surface area contributed by atoms with Crippen LogP contribution in [0, 0.1) is 12.8 Å². The molecule has 0 bridgehead atoms. The van der Waals surface area contributed by atoms with Gasteiger partial charge in [0.25, 0.3) is 0 Å². The molecule has 0 radical (unpaired) electrons. The van der Waals surface area contributed by atoms with Crippen LogP contribution in [-0.2, 0) is 11.3 Å². The lowest BCUT2D eigenvalue weighted by molar-refractivity contribution is -0.121. The van der Waals surface area contributed by atoms with Crippen LogP contribution in [0.4, 0.5) is 0 Å². The monoisotopic (exact) mass is 263 g/mol. The predicted octanol–water partition coefficient (Wildman–Crippen LogP) is 2.26. The van der Waals surface area contributed by atoms with E-state index in [4.69, 9.17) is 9.52 Å². The minimum absolute atomic E-state index is 0.0394. The highest BCUT2D eigenvalue weighted by Crippen LogP contribution is 2.20. The molecule has 2 rings (SSSR count). The number of amides is 1. The molecule has 0 saturated heterocycles. The molecule has 1 amide bonds. The van der Waals surface area contributed by atoms with E-state index < -0.39 is 5.97 Å². The summed E-state index contributed by atoms with van der Waals surface area (Å²) in [4.78, 5) is 22.5. The van der Waals surface area contributed by atoms with Crippen LogP contribution in [0.3, 0.4) is 0 Å². The van der Waals surface area contributed by atoms with Gasteiger partial charge in [-0.1, -0.05) is 12.2 Å². The highest BCUT2D eigenvalue weighted by Gasteiger charge is 2.16. The summed E-state index contributed by atoms with van der Waals surface area (Å²) in [5, 5.41) is 11.6. The maximum Gasteiger partial charge on any atom is 0.339 e. The van der Waals surface area contributed by atoms with E-state index in [9.17, 15) is 9.59 Å². The highest BCUT2D eigenvalue weighted by molar-refractivity contribution is 5.88. The first kappa shape index (κ1) is 13.4. The molecule has 1 aliphatic rings. The molecular formula is C14H17NO4. The van der Waals surface area contributed by atoms with Gasteiger partial charge in [0.05, 0.1) is 6.54 Å². The minimum Gasteiger partial charge on any atom is -0.478 e. The number of aryl methyl sites for hydroxylation is 1. The maximum atomic E-state index is 11.7. The van der Waals surface area contributed by atoms with Crippen LogP contribution in [0.1, 0.15) is 41.1 Å². The number of carbonyl (C=O) groups excluding carboxylic acids is 1. The van der Waals surface area contributed by atoms with E-state index in [1.165, 1.54) is 6.07 Å². The van der Waals surface area contributed by atoms with Crippen molar-refractivity contribution in [1.29, 1.82) is 0 Å². The van der Waals surface area contributed by atoms with Crippen molar-refractivity contribution in [2.45, 2.75) is 32.7 Å². The third kappa shape index (κ3) is 3.47. The van der Waals surface area contributed by atoms with Gasteiger partial charge in [-0.15, -0.1) is 0 Å². The molecule has 5 heteroatoms. The fourth-order valence-corrected chi connectivity index (χ4v) is 2.20. The van der Waals surface area contributed by atoms with Crippen LogP contribution in [0.2, 0.25) is 0 Å². The van der Waals surface area contributed by atoms with Crippen molar-refractivity contribution < 1.29 is 19.1 Å². The van der Waals surface area contributed by atoms with E-state index in [1.807, 2.05) is 0 Å². The number of carboxylic acid groups (broad SMARTS) is 1. The van der Waals surface area contributed by atoms with E-state index in [2.05, 4.69) is 17.5 Å². The first-order chi connectivity index (χ1) is 9.06. The molecule has 0 aromatic carbocycles. The lowest BCUT2D eigenvalue weighted by atomic mass is 10.1. The van der Waals surface area contributed by atoms with Gasteiger partial charge in [-0.2, -0.15) is 0 Å². The SMILES string of the molecule is Cc1oc(CNC(=O)C[C@H]2C=CCC2)cc1C(=O)O. The summed E-state index contributed by atoms with van der Waals surface area (Å²) in [5.41, 5.74) is 0.142. The van der Waals surface area contributed by atoms with Crippen LogP contribution in [-0.4, -0.2) is 17.0 Å². The van der Waals surface area contributed by atoms with Crippen LogP contribution < -0.4 is 5.32 Å². The van der Waals surface area contributed by atoms with E-state index in [1.54, 1.807) is 6.92 Å². The lowest BCUT2D eigenvalue weighted by Crippen LogP contribution is -2.24. The standard InChI is InChI=1S/C14H17NO4/c1-9-12(14(17)18)7-11(19-9)8-15-13(16)6-10-4-2-3-5-10/h2,4,7,10H,3,5-6,8H2,1H3,(H,15,16)(H,17,18)/t10-/m0/s1. The zero-order valence-electron chi connectivity index (χ0n) is 10.8. The number of furan rings is 1. The Morgan fingerprint density at radius 3 is 2.89 bits per heavy atom. The predicted molar refractivity (Wildman–Crippen MR) is 68.7 cm³/mol. The molecule has 1 atom stereocenters. The van der Waals surface area contributed by atoms with Crippen molar-refractivity contribution in [3.63, 3.8) is 0 Å². The van der Waals surface area contributed by atoms with Crippen molar-refractivity contribution in [1.82, 2.24) is 5.32 Å². The Labute approximate surface area is 111 Å². The molecule has 1 aromatic heterocycles. The number of allylic oxidation sites excluding steroid dienone is 2. The maximum absolute atomic E-state index is 11.7. The summed E-state index contributed by atoms with van der Waals surface area (Å²) in [6.07, 6.45) is 6.70. The molecule has 102 valence electrons. The molecule has 0 unspecified atom stereocenters. The Bertz CT molecular complexity index is 516. The number of hydrogen-bond acceptors (Lipinski definition) is 3. The molecule has 5 nitrogen and oxygen atoms in total. The summed E-state index contributed by atoms with van der Waals surface area (Å²) in [5.74, 6) is 0.0889. The van der Waals surface area contributed by atoms with Crippen LogP contribution in [0.25, 0.3) is 0 Å². The second-order valence-corrected chi connectivity index (χ2v) is 4.73. The zero-order chi connectivity index (χ0) is 13.8. The second kappa shape index (κ2) is 5.73. The van der Waals surface area contributed by atoms with Gasteiger partial charge >= 0.3 is 5.97 Å². The van der Waals surface area contributed by atoms with E-state index in [0.29, 0.717) is 23.9 Å². The number of aromatic carboxylic acids is 1. The van der Waals surface area contributed by atoms with Crippen LogP contribution in [0.15, 0.2) is 22.6 Å². The molecule has 1 aliphatic carbocycles. The average Bonchev–Trinajstić information content (AvgIpc) is 2.96. The average molecular weight is 263 g/mol. The Morgan fingerprint density at radius 1 is 1.53 bits per heavy atom. The summed E-state index contributed by atoms with van der Waals surface area (Å²) < 4.78 is 5.29. The Morgan fingerprint density at radius 2 is 2.32 bits per heavy atom. The number of nitrogens with one attached hydrogen (secondary N) is 1. The largest absolute Gasteiger partial charge is 0.478 e. The number of rotatable bonds is 5. The molecule has 0 saturated carbocycles. The van der Waals surface area contributed by atoms with Gasteiger partial charge in [0.15, 0.2) is 0 Å². The number of carbonyl (C=O) groups is 2. The molecule has 0 aliphatic heterocycles. The second-order valence-electron chi connectivity index (χ2n) is 4.73. The molecule has 0 spiro atoms. The van der Waals surface area contributed by atoms with E-state index >= 15 is 0 Å². The fourth-order valence-electron chi connectivity index (χ4n) is 2.20. The van der Waals surface area contributed by atoms with Gasteiger partial charge in [-0.25, -0.2) is 4.79 Å².